The molecule has 0 bridgehead atoms. The Morgan fingerprint density at radius 2 is 1.83 bits per heavy atom. The highest BCUT2D eigenvalue weighted by molar-refractivity contribution is 7.10. The van der Waals surface area contributed by atoms with Crippen molar-refractivity contribution < 1.29 is 14.3 Å². The number of benzene rings is 1. The molecule has 0 unspecified atom stereocenters. The number of methoxy groups -OCH3 is 1. The average Bonchev–Trinajstić information content (AvgIpc) is 3.28. The third kappa shape index (κ3) is 5.59. The van der Waals surface area contributed by atoms with Crippen LogP contribution in [0, 0.1) is 0 Å². The number of para-hydroxylation sites is 1. The van der Waals surface area contributed by atoms with Gasteiger partial charge in [-0.2, -0.15) is 0 Å². The number of amides is 2. The number of hydrogen-bond donors (Lipinski definition) is 2. The summed E-state index contributed by atoms with van der Waals surface area (Å²) in [6, 6.07) is 11.4. The Balaban J connectivity index is 1.61. The summed E-state index contributed by atoms with van der Waals surface area (Å²) in [6.07, 6.45) is 0. The summed E-state index contributed by atoms with van der Waals surface area (Å²) in [5.41, 5.74) is 0.822. The molecule has 1 aliphatic rings. The summed E-state index contributed by atoms with van der Waals surface area (Å²) in [4.78, 5) is 30.8. The first-order valence-corrected chi connectivity index (χ1v) is 11.0. The maximum atomic E-state index is 12.6. The Hall–Kier alpha value is -2.42. The molecule has 2 N–H and O–H groups in total. The van der Waals surface area contributed by atoms with Gasteiger partial charge in [0.2, 0.25) is 0 Å². The van der Waals surface area contributed by atoms with Crippen molar-refractivity contribution in [1.82, 2.24) is 20.4 Å². The van der Waals surface area contributed by atoms with E-state index < -0.39 is 11.8 Å². The molecule has 0 aliphatic carbocycles. The van der Waals surface area contributed by atoms with Gasteiger partial charge in [-0.1, -0.05) is 24.3 Å². The topological polar surface area (TPSA) is 73.9 Å². The third-order valence-corrected chi connectivity index (χ3v) is 6.38. The maximum Gasteiger partial charge on any atom is 0.309 e. The van der Waals surface area contributed by atoms with Crippen molar-refractivity contribution in [2.24, 2.45) is 0 Å². The molecule has 7 nitrogen and oxygen atoms in total. The van der Waals surface area contributed by atoms with Crippen LogP contribution in [0.2, 0.25) is 0 Å². The largest absolute Gasteiger partial charge is 0.496 e. The van der Waals surface area contributed by atoms with Gasteiger partial charge in [0.15, 0.2) is 0 Å². The summed E-state index contributed by atoms with van der Waals surface area (Å²) >= 11 is 1.68. The minimum atomic E-state index is -0.643. The lowest BCUT2D eigenvalue weighted by atomic mass is 10.0. The number of hydrogen-bond acceptors (Lipinski definition) is 6. The van der Waals surface area contributed by atoms with Crippen molar-refractivity contribution in [1.29, 1.82) is 0 Å². The van der Waals surface area contributed by atoms with Crippen LogP contribution in [-0.2, 0) is 16.1 Å². The molecule has 2 amide bonds. The quantitative estimate of drug-likeness (QED) is 0.656. The summed E-state index contributed by atoms with van der Waals surface area (Å²) in [6.45, 7) is 6.04. The molecule has 0 saturated carbocycles. The Morgan fingerprint density at radius 3 is 2.50 bits per heavy atom. The lowest BCUT2D eigenvalue weighted by Gasteiger charge is -2.40. The van der Waals surface area contributed by atoms with Gasteiger partial charge in [0.1, 0.15) is 5.75 Å². The molecular formula is C22H30N4O3S. The number of nitrogens with zero attached hydrogens (tertiary/aromatic N) is 2. The lowest BCUT2D eigenvalue weighted by molar-refractivity contribution is -0.140. The van der Waals surface area contributed by atoms with E-state index >= 15 is 0 Å². The molecule has 0 radical (unpaired) electrons. The van der Waals surface area contributed by atoms with Gasteiger partial charge in [-0.3, -0.25) is 14.5 Å². The molecule has 1 fully saturated rings. The maximum absolute atomic E-state index is 12.6. The van der Waals surface area contributed by atoms with Gasteiger partial charge in [-0.25, -0.2) is 0 Å². The van der Waals surface area contributed by atoms with Gasteiger partial charge < -0.3 is 20.3 Å². The molecule has 1 saturated heterocycles. The molecule has 1 aromatic heterocycles. The summed E-state index contributed by atoms with van der Waals surface area (Å²) in [7, 11) is 3.70. The summed E-state index contributed by atoms with van der Waals surface area (Å²) in [5, 5.41) is 7.65. The van der Waals surface area contributed by atoms with Gasteiger partial charge >= 0.3 is 11.8 Å². The predicted molar refractivity (Wildman–Crippen MR) is 119 cm³/mol. The number of carbonyl (C=O) groups is 2. The van der Waals surface area contributed by atoms with E-state index in [9.17, 15) is 9.59 Å². The van der Waals surface area contributed by atoms with Crippen molar-refractivity contribution in [3.63, 3.8) is 0 Å². The van der Waals surface area contributed by atoms with Crippen LogP contribution in [-0.4, -0.2) is 68.0 Å². The molecule has 2 aromatic rings. The second-order valence-electron chi connectivity index (χ2n) is 7.56. The molecule has 1 aromatic carbocycles. The standard InChI is InChI=1S/C22H30N4O3S/c1-16(20(19-9-6-14-30-19)26-12-10-25(2)11-13-26)24-22(28)21(27)23-15-17-7-4-5-8-18(17)29-3/h4-9,14,16,20H,10-13,15H2,1-3H3,(H,23,27)(H,24,28)/t16-,20+/m0/s1. The second kappa shape index (κ2) is 10.6. The van der Waals surface area contributed by atoms with E-state index in [0.717, 1.165) is 31.7 Å². The Morgan fingerprint density at radius 1 is 1.10 bits per heavy atom. The highest BCUT2D eigenvalue weighted by Crippen LogP contribution is 2.29. The highest BCUT2D eigenvalue weighted by Gasteiger charge is 2.31. The number of carbonyl (C=O) groups excluding carboxylic acids is 2. The van der Waals surface area contributed by atoms with Gasteiger partial charge in [0.05, 0.1) is 13.2 Å². The predicted octanol–water partition coefficient (Wildman–Crippen LogP) is 1.87. The van der Waals surface area contributed by atoms with E-state index in [1.165, 1.54) is 4.88 Å². The fraction of sp³-hybridized carbons (Fsp3) is 0.455. The summed E-state index contributed by atoms with van der Waals surface area (Å²) < 4.78 is 5.29. The number of piperazine rings is 1. The molecular weight excluding hydrogens is 400 g/mol. The molecule has 30 heavy (non-hydrogen) atoms. The van der Waals surface area contributed by atoms with Gasteiger partial charge in [0.25, 0.3) is 0 Å². The van der Waals surface area contributed by atoms with Crippen LogP contribution in [0.4, 0.5) is 0 Å². The number of ether oxygens (including phenoxy) is 1. The van der Waals surface area contributed by atoms with E-state index in [1.54, 1.807) is 18.4 Å². The van der Waals surface area contributed by atoms with E-state index in [1.807, 2.05) is 42.6 Å². The molecule has 3 rings (SSSR count). The third-order valence-electron chi connectivity index (χ3n) is 5.44. The van der Waals surface area contributed by atoms with Crippen LogP contribution in [0.3, 0.4) is 0 Å². The van der Waals surface area contributed by atoms with Crippen molar-refractivity contribution in [3.8, 4) is 5.75 Å². The SMILES string of the molecule is COc1ccccc1CNC(=O)C(=O)N[C@@H](C)[C@H](c1cccs1)N1CCN(C)CC1. The van der Waals surface area contributed by atoms with Crippen molar-refractivity contribution in [3.05, 3.63) is 52.2 Å². The van der Waals surface area contributed by atoms with Gasteiger partial charge in [0, 0.05) is 49.2 Å². The number of thiophene rings is 1. The first-order valence-electron chi connectivity index (χ1n) is 10.2. The minimum absolute atomic E-state index is 0.0460. The van der Waals surface area contributed by atoms with Crippen LogP contribution < -0.4 is 15.4 Å². The lowest BCUT2D eigenvalue weighted by Crippen LogP contribution is -2.53. The average molecular weight is 431 g/mol. The minimum Gasteiger partial charge on any atom is -0.496 e. The fourth-order valence-electron chi connectivity index (χ4n) is 3.76. The van der Waals surface area contributed by atoms with Crippen molar-refractivity contribution in [2.45, 2.75) is 25.6 Å². The molecule has 2 atom stereocenters. The number of nitrogens with one attached hydrogen (secondary N) is 2. The van der Waals surface area contributed by atoms with Crippen LogP contribution in [0.5, 0.6) is 5.75 Å². The smallest absolute Gasteiger partial charge is 0.309 e. The molecule has 8 heteroatoms. The highest BCUT2D eigenvalue weighted by atomic mass is 32.1. The second-order valence-corrected chi connectivity index (χ2v) is 8.54. The zero-order valence-electron chi connectivity index (χ0n) is 17.8. The van der Waals surface area contributed by atoms with Crippen LogP contribution in [0.15, 0.2) is 41.8 Å². The van der Waals surface area contributed by atoms with Crippen LogP contribution in [0.1, 0.15) is 23.4 Å². The first-order chi connectivity index (χ1) is 14.5. The molecule has 0 spiro atoms. The van der Waals surface area contributed by atoms with E-state index in [4.69, 9.17) is 4.74 Å². The zero-order valence-corrected chi connectivity index (χ0v) is 18.6. The van der Waals surface area contributed by atoms with Crippen molar-refractivity contribution >= 4 is 23.2 Å². The number of rotatable bonds is 7. The Bertz CT molecular complexity index is 835. The Kier molecular flexibility index (Phi) is 7.84. The van der Waals surface area contributed by atoms with E-state index in [2.05, 4.69) is 33.5 Å². The summed E-state index contributed by atoms with van der Waals surface area (Å²) in [5.74, 6) is -0.580. The monoisotopic (exact) mass is 430 g/mol. The van der Waals surface area contributed by atoms with Crippen LogP contribution >= 0.6 is 11.3 Å². The number of likely N-dealkylation sites (N-methyl/N-ethyl adjacent to an activating group) is 1. The Labute approximate surface area is 182 Å². The zero-order chi connectivity index (χ0) is 21.5. The van der Waals surface area contributed by atoms with Gasteiger partial charge in [-0.05, 0) is 31.5 Å². The molecule has 2 heterocycles. The normalized spacial score (nSPS) is 17.2. The van der Waals surface area contributed by atoms with Crippen molar-refractivity contribution in [2.75, 3.05) is 40.3 Å². The van der Waals surface area contributed by atoms with E-state index in [-0.39, 0.29) is 18.6 Å². The first kappa shape index (κ1) is 22.3. The molecule has 1 aliphatic heterocycles. The van der Waals surface area contributed by atoms with E-state index in [0.29, 0.717) is 5.75 Å². The van der Waals surface area contributed by atoms with Crippen LogP contribution in [0.25, 0.3) is 0 Å². The van der Waals surface area contributed by atoms with Gasteiger partial charge in [-0.15, -0.1) is 11.3 Å². The fourth-order valence-corrected chi connectivity index (χ4v) is 4.72. The molecule has 162 valence electrons.